The number of benzene rings is 1. The molecular weight excluding hydrogens is 421 g/mol. The van der Waals surface area contributed by atoms with E-state index in [2.05, 4.69) is 4.98 Å². The van der Waals surface area contributed by atoms with E-state index in [1.807, 2.05) is 4.90 Å². The second-order valence-electron chi connectivity index (χ2n) is 6.66. The second-order valence-corrected chi connectivity index (χ2v) is 7.71. The molecule has 1 amide bonds. The summed E-state index contributed by atoms with van der Waals surface area (Å²) < 4.78 is 38.1. The minimum atomic E-state index is -4.42. The Morgan fingerprint density at radius 1 is 1.10 bits per heavy atom. The summed E-state index contributed by atoms with van der Waals surface area (Å²) in [6.45, 7) is 2.07. The van der Waals surface area contributed by atoms with Gasteiger partial charge in [0, 0.05) is 49.4 Å². The number of anilines is 1. The summed E-state index contributed by atoms with van der Waals surface area (Å²) in [7, 11) is 0. The molecule has 1 aromatic heterocycles. The Kier molecular flexibility index (Phi) is 6.80. The number of amides is 1. The van der Waals surface area contributed by atoms with Gasteiger partial charge >= 0.3 is 6.18 Å². The van der Waals surface area contributed by atoms with Crippen LogP contribution in [0, 0.1) is 10.1 Å². The first-order valence-electron chi connectivity index (χ1n) is 9.17. The lowest BCUT2D eigenvalue weighted by Crippen LogP contribution is -2.36. The summed E-state index contributed by atoms with van der Waals surface area (Å²) in [6.07, 6.45) is -2.92. The molecule has 2 aromatic rings. The summed E-state index contributed by atoms with van der Waals surface area (Å²) in [5.41, 5.74) is -0.795. The van der Waals surface area contributed by atoms with E-state index in [1.165, 1.54) is 30.0 Å². The maximum Gasteiger partial charge on any atom is 0.417 e. The number of nitro groups is 1. The van der Waals surface area contributed by atoms with E-state index in [0.717, 1.165) is 17.2 Å². The zero-order valence-electron chi connectivity index (χ0n) is 15.8. The number of hydrogen-bond acceptors (Lipinski definition) is 6. The summed E-state index contributed by atoms with van der Waals surface area (Å²) in [5.74, 6) is 0.606. The molecule has 1 saturated heterocycles. The number of non-ortho nitro benzene ring substituents is 1. The van der Waals surface area contributed by atoms with Crippen molar-refractivity contribution in [2.75, 3.05) is 36.8 Å². The second kappa shape index (κ2) is 9.33. The standard InChI is InChI=1S/C19H19F3N4O3S/c20-19(21,22)14-2-7-17(23-12-14)24-8-1-9-25(11-10-24)18(27)13-30-16-5-3-15(4-6-16)26(28)29/h2-7,12H,1,8-11,13H2. The van der Waals surface area contributed by atoms with Crippen LogP contribution < -0.4 is 4.90 Å². The number of pyridine rings is 1. The Morgan fingerprint density at radius 3 is 2.43 bits per heavy atom. The van der Waals surface area contributed by atoms with Crippen molar-refractivity contribution < 1.29 is 22.9 Å². The SMILES string of the molecule is O=C(CSc1ccc([N+](=O)[O-])cc1)N1CCCN(c2ccc(C(F)(F)F)cn2)CC1. The van der Waals surface area contributed by atoms with Crippen LogP contribution in [0.5, 0.6) is 0 Å². The van der Waals surface area contributed by atoms with Crippen molar-refractivity contribution in [2.24, 2.45) is 0 Å². The van der Waals surface area contributed by atoms with Gasteiger partial charge in [-0.15, -0.1) is 11.8 Å². The lowest BCUT2D eigenvalue weighted by Gasteiger charge is -2.23. The van der Waals surface area contributed by atoms with E-state index in [1.54, 1.807) is 17.0 Å². The van der Waals surface area contributed by atoms with E-state index in [4.69, 9.17) is 0 Å². The predicted octanol–water partition coefficient (Wildman–Crippen LogP) is 3.84. The Morgan fingerprint density at radius 2 is 1.83 bits per heavy atom. The summed E-state index contributed by atoms with van der Waals surface area (Å²) in [4.78, 5) is 31.0. The highest BCUT2D eigenvalue weighted by molar-refractivity contribution is 8.00. The van der Waals surface area contributed by atoms with E-state index in [0.29, 0.717) is 38.4 Å². The van der Waals surface area contributed by atoms with Gasteiger partial charge in [-0.25, -0.2) is 4.98 Å². The van der Waals surface area contributed by atoms with Crippen LogP contribution in [0.3, 0.4) is 0 Å². The minimum Gasteiger partial charge on any atom is -0.355 e. The van der Waals surface area contributed by atoms with Crippen LogP contribution in [-0.2, 0) is 11.0 Å². The number of rotatable bonds is 5. The van der Waals surface area contributed by atoms with Crippen molar-refractivity contribution in [2.45, 2.75) is 17.5 Å². The van der Waals surface area contributed by atoms with E-state index in [-0.39, 0.29) is 17.3 Å². The van der Waals surface area contributed by atoms with E-state index < -0.39 is 16.7 Å². The van der Waals surface area contributed by atoms with Crippen LogP contribution in [0.15, 0.2) is 47.5 Å². The fourth-order valence-electron chi connectivity index (χ4n) is 3.04. The van der Waals surface area contributed by atoms with Gasteiger partial charge < -0.3 is 9.80 Å². The molecule has 1 fully saturated rings. The first kappa shape index (κ1) is 21.9. The van der Waals surface area contributed by atoms with Crippen LogP contribution in [0.4, 0.5) is 24.7 Å². The minimum absolute atomic E-state index is 0.00448. The highest BCUT2D eigenvalue weighted by Gasteiger charge is 2.31. The molecule has 0 aliphatic carbocycles. The highest BCUT2D eigenvalue weighted by Crippen LogP contribution is 2.29. The number of thioether (sulfide) groups is 1. The molecule has 0 atom stereocenters. The number of alkyl halides is 3. The average molecular weight is 440 g/mol. The van der Waals surface area contributed by atoms with Gasteiger partial charge in [0.25, 0.3) is 5.69 Å². The maximum absolute atomic E-state index is 12.7. The quantitative estimate of drug-likeness (QED) is 0.399. The lowest BCUT2D eigenvalue weighted by atomic mass is 10.2. The number of nitro benzene ring substituents is 1. The molecule has 0 N–H and O–H groups in total. The smallest absolute Gasteiger partial charge is 0.355 e. The molecule has 0 spiro atoms. The van der Waals surface area contributed by atoms with Crippen molar-refractivity contribution >= 4 is 29.2 Å². The number of halogens is 3. The fraction of sp³-hybridized carbons (Fsp3) is 0.368. The van der Waals surface area contributed by atoms with Crippen molar-refractivity contribution in [3.8, 4) is 0 Å². The summed E-state index contributed by atoms with van der Waals surface area (Å²) >= 11 is 1.30. The molecule has 11 heteroatoms. The van der Waals surface area contributed by atoms with E-state index in [9.17, 15) is 28.1 Å². The number of carbonyl (C=O) groups excluding carboxylic acids is 1. The van der Waals surface area contributed by atoms with Gasteiger partial charge in [-0.2, -0.15) is 13.2 Å². The molecule has 30 heavy (non-hydrogen) atoms. The molecular formula is C19H19F3N4O3S. The summed E-state index contributed by atoms with van der Waals surface area (Å²) in [5, 5.41) is 10.7. The Hall–Kier alpha value is -2.82. The number of nitrogens with zero attached hydrogens (tertiary/aromatic N) is 4. The molecule has 0 saturated carbocycles. The van der Waals surface area contributed by atoms with Crippen LogP contribution in [0.2, 0.25) is 0 Å². The number of aromatic nitrogens is 1. The van der Waals surface area contributed by atoms with Gasteiger partial charge in [0.05, 0.1) is 16.2 Å². The molecule has 1 aromatic carbocycles. The normalized spacial score (nSPS) is 15.0. The zero-order valence-corrected chi connectivity index (χ0v) is 16.7. The highest BCUT2D eigenvalue weighted by atomic mass is 32.2. The molecule has 2 heterocycles. The third-order valence-corrected chi connectivity index (χ3v) is 5.65. The number of hydrogen-bond donors (Lipinski definition) is 0. The Balaban J connectivity index is 1.53. The van der Waals surface area contributed by atoms with Crippen molar-refractivity contribution in [3.05, 3.63) is 58.3 Å². The van der Waals surface area contributed by atoms with Crippen LogP contribution in [-0.4, -0.2) is 52.6 Å². The molecule has 7 nitrogen and oxygen atoms in total. The van der Waals surface area contributed by atoms with Gasteiger partial charge in [0.15, 0.2) is 0 Å². The first-order valence-corrected chi connectivity index (χ1v) is 10.2. The zero-order chi connectivity index (χ0) is 21.7. The van der Waals surface area contributed by atoms with Gasteiger partial charge in [-0.1, -0.05) is 0 Å². The summed E-state index contributed by atoms with van der Waals surface area (Å²) in [6, 6.07) is 8.37. The topological polar surface area (TPSA) is 79.6 Å². The predicted molar refractivity (Wildman–Crippen MR) is 106 cm³/mol. The first-order chi connectivity index (χ1) is 14.2. The third kappa shape index (κ3) is 5.62. The van der Waals surface area contributed by atoms with Crippen LogP contribution in [0.25, 0.3) is 0 Å². The van der Waals surface area contributed by atoms with Gasteiger partial charge in [0.1, 0.15) is 5.82 Å². The van der Waals surface area contributed by atoms with E-state index >= 15 is 0 Å². The largest absolute Gasteiger partial charge is 0.417 e. The molecule has 0 unspecified atom stereocenters. The molecule has 3 rings (SSSR count). The van der Waals surface area contributed by atoms with Gasteiger partial charge in [0.2, 0.25) is 5.91 Å². The lowest BCUT2D eigenvalue weighted by molar-refractivity contribution is -0.384. The molecule has 160 valence electrons. The van der Waals surface area contributed by atoms with Gasteiger partial charge in [-0.05, 0) is 30.7 Å². The van der Waals surface area contributed by atoms with Crippen LogP contribution >= 0.6 is 11.8 Å². The van der Waals surface area contributed by atoms with Crippen molar-refractivity contribution in [1.82, 2.24) is 9.88 Å². The average Bonchev–Trinajstić information content (AvgIpc) is 2.98. The van der Waals surface area contributed by atoms with Crippen molar-refractivity contribution in [3.63, 3.8) is 0 Å². The fourth-order valence-corrected chi connectivity index (χ4v) is 3.84. The molecule has 0 radical (unpaired) electrons. The molecule has 1 aliphatic rings. The Bertz CT molecular complexity index is 891. The maximum atomic E-state index is 12.7. The Labute approximate surface area is 175 Å². The molecule has 0 bridgehead atoms. The molecule has 1 aliphatic heterocycles. The van der Waals surface area contributed by atoms with Crippen molar-refractivity contribution in [1.29, 1.82) is 0 Å². The third-order valence-electron chi connectivity index (χ3n) is 4.66. The van der Waals surface area contributed by atoms with Crippen LogP contribution in [0.1, 0.15) is 12.0 Å². The number of carbonyl (C=O) groups is 1. The monoisotopic (exact) mass is 440 g/mol. The van der Waals surface area contributed by atoms with Gasteiger partial charge in [-0.3, -0.25) is 14.9 Å².